The minimum Gasteiger partial charge on any atom is -0.488 e. The summed E-state index contributed by atoms with van der Waals surface area (Å²) < 4.78 is 20.8. The Bertz CT molecular complexity index is 595. The molecule has 0 fully saturated rings. The monoisotopic (exact) mass is 278 g/mol. The fourth-order valence-electron chi connectivity index (χ4n) is 1.81. The second-order valence-corrected chi connectivity index (χ2v) is 4.87. The Hall–Kier alpha value is -2.24. The van der Waals surface area contributed by atoms with Crippen LogP contribution >= 0.6 is 0 Å². The lowest BCUT2D eigenvalue weighted by atomic mass is 10.2. The summed E-state index contributed by atoms with van der Waals surface area (Å²) in [6.07, 6.45) is 1.76. The SMILES string of the molecule is CC(C)Oc1cc(NCc2ccn(C)n2)c(N)cc1F. The van der Waals surface area contributed by atoms with E-state index in [4.69, 9.17) is 10.5 Å². The van der Waals surface area contributed by atoms with Crippen LogP contribution in [-0.4, -0.2) is 15.9 Å². The van der Waals surface area contributed by atoms with Crippen LogP contribution in [0.1, 0.15) is 19.5 Å². The molecule has 108 valence electrons. The van der Waals surface area contributed by atoms with Gasteiger partial charge in [0.05, 0.1) is 29.7 Å². The van der Waals surface area contributed by atoms with Crippen LogP contribution in [0.25, 0.3) is 0 Å². The van der Waals surface area contributed by atoms with Crippen molar-refractivity contribution >= 4 is 11.4 Å². The fraction of sp³-hybridized carbons (Fsp3) is 0.357. The number of nitrogens with two attached hydrogens (primary N) is 1. The van der Waals surface area contributed by atoms with Gasteiger partial charge in [-0.3, -0.25) is 4.68 Å². The zero-order chi connectivity index (χ0) is 14.7. The molecule has 0 radical (unpaired) electrons. The molecule has 0 bridgehead atoms. The third-order valence-electron chi connectivity index (χ3n) is 2.70. The molecule has 2 rings (SSSR count). The molecule has 0 spiro atoms. The van der Waals surface area contributed by atoms with E-state index in [-0.39, 0.29) is 11.9 Å². The van der Waals surface area contributed by atoms with Gasteiger partial charge in [-0.2, -0.15) is 5.10 Å². The number of nitrogen functional groups attached to an aromatic ring is 1. The molecule has 2 aromatic rings. The lowest BCUT2D eigenvalue weighted by Crippen LogP contribution is -2.09. The van der Waals surface area contributed by atoms with Crippen LogP contribution in [0, 0.1) is 5.82 Å². The highest BCUT2D eigenvalue weighted by atomic mass is 19.1. The molecule has 1 aromatic carbocycles. The van der Waals surface area contributed by atoms with E-state index in [1.807, 2.05) is 33.2 Å². The molecule has 1 aromatic heterocycles. The molecule has 0 aliphatic rings. The highest BCUT2D eigenvalue weighted by molar-refractivity contribution is 5.68. The molecule has 0 unspecified atom stereocenters. The highest BCUT2D eigenvalue weighted by Gasteiger charge is 2.10. The summed E-state index contributed by atoms with van der Waals surface area (Å²) in [6, 6.07) is 4.74. The number of ether oxygens (including phenoxy) is 1. The smallest absolute Gasteiger partial charge is 0.167 e. The van der Waals surface area contributed by atoms with Gasteiger partial charge in [0.25, 0.3) is 0 Å². The first kappa shape index (κ1) is 14.2. The Morgan fingerprint density at radius 2 is 2.20 bits per heavy atom. The summed E-state index contributed by atoms with van der Waals surface area (Å²) in [7, 11) is 1.85. The van der Waals surface area contributed by atoms with Crippen molar-refractivity contribution in [2.75, 3.05) is 11.1 Å². The Balaban J connectivity index is 2.14. The van der Waals surface area contributed by atoms with Gasteiger partial charge in [0.2, 0.25) is 0 Å². The lowest BCUT2D eigenvalue weighted by Gasteiger charge is -2.14. The number of hydrogen-bond donors (Lipinski definition) is 2. The van der Waals surface area contributed by atoms with E-state index < -0.39 is 5.82 Å². The summed E-state index contributed by atoms with van der Waals surface area (Å²) >= 11 is 0. The molecular weight excluding hydrogens is 259 g/mol. The fourth-order valence-corrected chi connectivity index (χ4v) is 1.81. The normalized spacial score (nSPS) is 10.8. The van der Waals surface area contributed by atoms with E-state index in [1.165, 1.54) is 6.07 Å². The van der Waals surface area contributed by atoms with Gasteiger partial charge in [0.15, 0.2) is 11.6 Å². The van der Waals surface area contributed by atoms with Crippen molar-refractivity contribution in [1.82, 2.24) is 9.78 Å². The molecule has 0 saturated heterocycles. The molecule has 3 N–H and O–H groups in total. The quantitative estimate of drug-likeness (QED) is 0.825. The molecule has 5 nitrogen and oxygen atoms in total. The summed E-state index contributed by atoms with van der Waals surface area (Å²) in [5.41, 5.74) is 7.66. The predicted molar refractivity (Wildman–Crippen MR) is 77.1 cm³/mol. The Kier molecular flexibility index (Phi) is 4.12. The van der Waals surface area contributed by atoms with E-state index in [0.29, 0.717) is 17.9 Å². The molecule has 1 heterocycles. The van der Waals surface area contributed by atoms with E-state index >= 15 is 0 Å². The van der Waals surface area contributed by atoms with E-state index in [2.05, 4.69) is 10.4 Å². The molecule has 0 atom stereocenters. The van der Waals surface area contributed by atoms with Gasteiger partial charge < -0.3 is 15.8 Å². The van der Waals surface area contributed by atoms with Gasteiger partial charge in [0.1, 0.15) is 0 Å². The second-order valence-electron chi connectivity index (χ2n) is 4.87. The largest absolute Gasteiger partial charge is 0.488 e. The standard InChI is InChI=1S/C14H19FN4O/c1-9(2)20-14-7-13(12(16)6-11(14)15)17-8-10-4-5-19(3)18-10/h4-7,9,17H,8,16H2,1-3H3. The molecule has 0 aliphatic carbocycles. The molecule has 0 saturated carbocycles. The van der Waals surface area contributed by atoms with Crippen LogP contribution in [0.2, 0.25) is 0 Å². The summed E-state index contributed by atoms with van der Waals surface area (Å²) in [4.78, 5) is 0. The number of aryl methyl sites for hydroxylation is 1. The first-order valence-corrected chi connectivity index (χ1v) is 6.44. The van der Waals surface area contributed by atoms with Crippen LogP contribution < -0.4 is 15.8 Å². The Morgan fingerprint density at radius 1 is 1.45 bits per heavy atom. The van der Waals surface area contributed by atoms with E-state index in [9.17, 15) is 4.39 Å². The van der Waals surface area contributed by atoms with Crippen molar-refractivity contribution in [3.8, 4) is 5.75 Å². The van der Waals surface area contributed by atoms with Gasteiger partial charge in [-0.1, -0.05) is 0 Å². The van der Waals surface area contributed by atoms with Crippen molar-refractivity contribution in [1.29, 1.82) is 0 Å². The van der Waals surface area contributed by atoms with Crippen molar-refractivity contribution < 1.29 is 9.13 Å². The number of nitrogens with one attached hydrogen (secondary N) is 1. The average molecular weight is 278 g/mol. The predicted octanol–water partition coefficient (Wildman–Crippen LogP) is 2.54. The third-order valence-corrected chi connectivity index (χ3v) is 2.70. The summed E-state index contributed by atoms with van der Waals surface area (Å²) in [5, 5.41) is 7.39. The highest BCUT2D eigenvalue weighted by Crippen LogP contribution is 2.29. The number of nitrogens with zero attached hydrogens (tertiary/aromatic N) is 2. The third kappa shape index (κ3) is 3.40. The van der Waals surface area contributed by atoms with Gasteiger partial charge in [0, 0.05) is 25.4 Å². The maximum atomic E-state index is 13.7. The van der Waals surface area contributed by atoms with Gasteiger partial charge in [-0.15, -0.1) is 0 Å². The molecule has 0 aliphatic heterocycles. The number of benzene rings is 1. The molecule has 0 amide bonds. The first-order chi connectivity index (χ1) is 9.45. The van der Waals surface area contributed by atoms with Gasteiger partial charge >= 0.3 is 0 Å². The molecule has 6 heteroatoms. The van der Waals surface area contributed by atoms with E-state index in [1.54, 1.807) is 10.7 Å². The number of aromatic nitrogens is 2. The zero-order valence-electron chi connectivity index (χ0n) is 11.9. The maximum Gasteiger partial charge on any atom is 0.167 e. The first-order valence-electron chi connectivity index (χ1n) is 6.44. The lowest BCUT2D eigenvalue weighted by molar-refractivity contribution is 0.231. The number of rotatable bonds is 5. The van der Waals surface area contributed by atoms with Gasteiger partial charge in [-0.05, 0) is 19.9 Å². The van der Waals surface area contributed by atoms with Crippen LogP contribution in [0.15, 0.2) is 24.4 Å². The van der Waals surface area contributed by atoms with Crippen LogP contribution in [0.3, 0.4) is 0 Å². The zero-order valence-corrected chi connectivity index (χ0v) is 11.9. The maximum absolute atomic E-state index is 13.7. The molecular formula is C14H19FN4O. The van der Waals surface area contributed by atoms with E-state index in [0.717, 1.165) is 5.69 Å². The topological polar surface area (TPSA) is 65.1 Å². The minimum absolute atomic E-state index is 0.100. The van der Waals surface area contributed by atoms with Crippen molar-refractivity contribution in [3.63, 3.8) is 0 Å². The van der Waals surface area contributed by atoms with Crippen molar-refractivity contribution in [2.45, 2.75) is 26.5 Å². The molecule has 20 heavy (non-hydrogen) atoms. The Labute approximate surface area is 117 Å². The minimum atomic E-state index is -0.459. The number of hydrogen-bond acceptors (Lipinski definition) is 4. The summed E-state index contributed by atoms with van der Waals surface area (Å²) in [5.74, 6) is -0.266. The number of halogens is 1. The van der Waals surface area contributed by atoms with Crippen LogP contribution in [0.4, 0.5) is 15.8 Å². The van der Waals surface area contributed by atoms with Crippen molar-refractivity contribution in [3.05, 3.63) is 35.9 Å². The van der Waals surface area contributed by atoms with Crippen LogP contribution in [-0.2, 0) is 13.6 Å². The average Bonchev–Trinajstić information content (AvgIpc) is 2.76. The van der Waals surface area contributed by atoms with Gasteiger partial charge in [-0.25, -0.2) is 4.39 Å². The summed E-state index contributed by atoms with van der Waals surface area (Å²) in [6.45, 7) is 4.20. The second kappa shape index (κ2) is 5.81. The number of anilines is 2. The van der Waals surface area contributed by atoms with Crippen LogP contribution in [0.5, 0.6) is 5.75 Å². The van der Waals surface area contributed by atoms with Crippen molar-refractivity contribution in [2.24, 2.45) is 7.05 Å². The Morgan fingerprint density at radius 3 is 2.80 bits per heavy atom.